The van der Waals surface area contributed by atoms with E-state index in [1.54, 1.807) is 10.4 Å². The van der Waals surface area contributed by atoms with Crippen molar-refractivity contribution in [3.8, 4) is 0 Å². The maximum absolute atomic E-state index is 13.4. The first-order valence-corrected chi connectivity index (χ1v) is 12.9. The summed E-state index contributed by atoms with van der Waals surface area (Å²) in [5.74, 6) is 0.523. The van der Waals surface area contributed by atoms with Gasteiger partial charge in [0.15, 0.2) is 0 Å². The molecule has 6 nitrogen and oxygen atoms in total. The van der Waals surface area contributed by atoms with Crippen LogP contribution in [0.2, 0.25) is 0 Å². The third-order valence-electron chi connectivity index (χ3n) is 7.33. The molecule has 1 aromatic carbocycles. The normalized spacial score (nSPS) is 24.6. The minimum atomic E-state index is -3.59. The average molecular weight is 434 g/mol. The van der Waals surface area contributed by atoms with E-state index in [1.807, 2.05) is 24.8 Å². The molecule has 4 rings (SSSR count). The number of sulfonamides is 1. The number of aryl methyl sites for hydroxylation is 1. The average Bonchev–Trinajstić information content (AvgIpc) is 3.41. The largest absolute Gasteiger partial charge is 0.337 e. The number of piperidine rings is 1. The Morgan fingerprint density at radius 2 is 1.63 bits per heavy atom. The minimum Gasteiger partial charge on any atom is -0.337 e. The lowest BCUT2D eigenvalue weighted by molar-refractivity contribution is 0.0779. The van der Waals surface area contributed by atoms with Crippen molar-refractivity contribution in [1.82, 2.24) is 14.1 Å². The maximum Gasteiger partial charge on any atom is 0.253 e. The first kappa shape index (κ1) is 21.8. The Hall–Kier alpha value is -1.44. The number of hydrogen-bond donors (Lipinski definition) is 0. The van der Waals surface area contributed by atoms with Crippen LogP contribution in [0.4, 0.5) is 0 Å². The molecule has 0 aliphatic carbocycles. The molecule has 1 unspecified atom stereocenters. The quantitative estimate of drug-likeness (QED) is 0.732. The molecule has 0 aromatic heterocycles. The predicted molar refractivity (Wildman–Crippen MR) is 118 cm³/mol. The van der Waals surface area contributed by atoms with E-state index in [0.29, 0.717) is 35.5 Å². The molecular weight excluding hydrogens is 398 g/mol. The molecule has 0 N–H and O–H groups in total. The van der Waals surface area contributed by atoms with Gasteiger partial charge in [-0.3, -0.25) is 9.69 Å². The van der Waals surface area contributed by atoms with Crippen LogP contribution < -0.4 is 0 Å². The molecule has 1 aromatic rings. The van der Waals surface area contributed by atoms with E-state index < -0.39 is 10.0 Å². The van der Waals surface area contributed by atoms with Gasteiger partial charge in [-0.25, -0.2) is 8.42 Å². The summed E-state index contributed by atoms with van der Waals surface area (Å²) in [5, 5.41) is 0. The number of nitrogens with zero attached hydrogens (tertiary/aromatic N) is 3. The smallest absolute Gasteiger partial charge is 0.253 e. The molecule has 3 saturated heterocycles. The van der Waals surface area contributed by atoms with Crippen LogP contribution in [0.25, 0.3) is 0 Å². The summed E-state index contributed by atoms with van der Waals surface area (Å²) < 4.78 is 28.4. The Kier molecular flexibility index (Phi) is 6.24. The summed E-state index contributed by atoms with van der Waals surface area (Å²) in [5.41, 5.74) is 2.12. The van der Waals surface area contributed by atoms with Crippen molar-refractivity contribution in [2.24, 2.45) is 5.92 Å². The molecule has 0 bridgehead atoms. The first-order valence-electron chi connectivity index (χ1n) is 11.4. The molecule has 1 atom stereocenters. The van der Waals surface area contributed by atoms with Gasteiger partial charge in [-0.15, -0.1) is 0 Å². The van der Waals surface area contributed by atoms with Crippen LogP contribution in [0, 0.1) is 19.8 Å². The Morgan fingerprint density at radius 1 is 0.967 bits per heavy atom. The summed E-state index contributed by atoms with van der Waals surface area (Å²) in [6, 6.07) is 3.93. The Labute approximate surface area is 181 Å². The molecular formula is C23H35N3O3S. The molecule has 3 aliphatic heterocycles. The molecule has 30 heavy (non-hydrogen) atoms. The zero-order chi connectivity index (χ0) is 21.5. The number of rotatable bonds is 4. The van der Waals surface area contributed by atoms with E-state index in [4.69, 9.17) is 0 Å². The SMILES string of the molecule is Cc1cc(C(=O)N2CCC(N3CCCC3)C2)cc(S(=O)(=O)N2CCC(C)CC2)c1C. The van der Waals surface area contributed by atoms with Crippen LogP contribution in [0.3, 0.4) is 0 Å². The molecule has 3 heterocycles. The fourth-order valence-electron chi connectivity index (χ4n) is 5.10. The fraction of sp³-hybridized carbons (Fsp3) is 0.696. The van der Waals surface area contributed by atoms with Gasteiger partial charge in [0.25, 0.3) is 5.91 Å². The molecule has 0 spiro atoms. The zero-order valence-corrected chi connectivity index (χ0v) is 19.4. The summed E-state index contributed by atoms with van der Waals surface area (Å²) in [6.45, 7) is 10.8. The second kappa shape index (κ2) is 8.60. The van der Waals surface area contributed by atoms with Gasteiger partial charge in [-0.2, -0.15) is 4.31 Å². The van der Waals surface area contributed by atoms with E-state index >= 15 is 0 Å². The van der Waals surface area contributed by atoms with Gasteiger partial charge in [0, 0.05) is 37.8 Å². The lowest BCUT2D eigenvalue weighted by atomic mass is 10.0. The van der Waals surface area contributed by atoms with Crippen molar-refractivity contribution < 1.29 is 13.2 Å². The second-order valence-corrected chi connectivity index (χ2v) is 11.3. The Bertz CT molecular complexity index is 901. The van der Waals surface area contributed by atoms with E-state index in [-0.39, 0.29) is 5.91 Å². The highest BCUT2D eigenvalue weighted by Gasteiger charge is 2.34. The van der Waals surface area contributed by atoms with Crippen LogP contribution in [-0.4, -0.2) is 73.7 Å². The number of carbonyl (C=O) groups excluding carboxylic acids is 1. The highest BCUT2D eigenvalue weighted by molar-refractivity contribution is 7.89. The molecule has 1 amide bonds. The third-order valence-corrected chi connectivity index (χ3v) is 9.36. The van der Waals surface area contributed by atoms with Gasteiger partial charge >= 0.3 is 0 Å². The summed E-state index contributed by atoms with van der Waals surface area (Å²) >= 11 is 0. The highest BCUT2D eigenvalue weighted by Crippen LogP contribution is 2.29. The molecule has 166 valence electrons. The Morgan fingerprint density at radius 3 is 2.30 bits per heavy atom. The van der Waals surface area contributed by atoms with Crippen LogP contribution in [0.1, 0.15) is 60.5 Å². The number of amides is 1. The first-order chi connectivity index (χ1) is 14.3. The third kappa shape index (κ3) is 4.16. The van der Waals surface area contributed by atoms with Crippen molar-refractivity contribution in [3.05, 3.63) is 28.8 Å². The van der Waals surface area contributed by atoms with Crippen molar-refractivity contribution in [2.75, 3.05) is 39.3 Å². The van der Waals surface area contributed by atoms with Gasteiger partial charge in [-0.1, -0.05) is 6.92 Å². The Balaban J connectivity index is 1.56. The zero-order valence-electron chi connectivity index (χ0n) is 18.6. The predicted octanol–water partition coefficient (Wildman–Crippen LogP) is 3.03. The summed E-state index contributed by atoms with van der Waals surface area (Å²) in [6.07, 6.45) is 5.28. The van der Waals surface area contributed by atoms with E-state index in [1.165, 1.54) is 12.8 Å². The number of likely N-dealkylation sites (tertiary alicyclic amines) is 2. The van der Waals surface area contributed by atoms with Crippen LogP contribution in [0.15, 0.2) is 17.0 Å². The maximum atomic E-state index is 13.4. The van der Waals surface area contributed by atoms with E-state index in [0.717, 1.165) is 56.6 Å². The number of carbonyl (C=O) groups is 1. The van der Waals surface area contributed by atoms with Crippen molar-refractivity contribution >= 4 is 15.9 Å². The fourth-order valence-corrected chi connectivity index (χ4v) is 6.89. The monoisotopic (exact) mass is 433 g/mol. The standard InChI is InChI=1S/C23H35N3O3S/c1-17-6-12-26(13-7-17)30(28,29)22-15-20(14-18(2)19(22)3)23(27)25-11-8-21(16-25)24-9-4-5-10-24/h14-15,17,21H,4-13,16H2,1-3H3. The van der Waals surface area contributed by atoms with Crippen LogP contribution in [0.5, 0.6) is 0 Å². The minimum absolute atomic E-state index is 0.0384. The van der Waals surface area contributed by atoms with E-state index in [2.05, 4.69) is 11.8 Å². The van der Waals surface area contributed by atoms with Gasteiger partial charge < -0.3 is 4.90 Å². The number of benzene rings is 1. The summed E-state index contributed by atoms with van der Waals surface area (Å²) in [7, 11) is -3.59. The number of hydrogen-bond acceptors (Lipinski definition) is 4. The van der Waals surface area contributed by atoms with E-state index in [9.17, 15) is 13.2 Å². The highest BCUT2D eigenvalue weighted by atomic mass is 32.2. The molecule has 0 saturated carbocycles. The molecule has 0 radical (unpaired) electrons. The van der Waals surface area contributed by atoms with Crippen molar-refractivity contribution in [1.29, 1.82) is 0 Å². The summed E-state index contributed by atoms with van der Waals surface area (Å²) in [4.78, 5) is 18.0. The lowest BCUT2D eigenvalue weighted by Crippen LogP contribution is -2.38. The lowest BCUT2D eigenvalue weighted by Gasteiger charge is -2.30. The van der Waals surface area contributed by atoms with Crippen molar-refractivity contribution in [3.63, 3.8) is 0 Å². The molecule has 3 aliphatic rings. The topological polar surface area (TPSA) is 60.9 Å². The molecule has 3 fully saturated rings. The second-order valence-electron chi connectivity index (χ2n) is 9.44. The molecule has 7 heteroatoms. The van der Waals surface area contributed by atoms with Crippen LogP contribution >= 0.6 is 0 Å². The van der Waals surface area contributed by atoms with Gasteiger partial charge in [0.2, 0.25) is 10.0 Å². The van der Waals surface area contributed by atoms with Crippen molar-refractivity contribution in [2.45, 2.75) is 63.8 Å². The van der Waals surface area contributed by atoms with Gasteiger partial charge in [0.05, 0.1) is 4.90 Å². The van der Waals surface area contributed by atoms with Gasteiger partial charge in [-0.05, 0) is 88.2 Å². The van der Waals surface area contributed by atoms with Crippen LogP contribution in [-0.2, 0) is 10.0 Å². The van der Waals surface area contributed by atoms with Gasteiger partial charge in [0.1, 0.15) is 0 Å².